The number of urea groups is 1. The molecule has 5 nitrogen and oxygen atoms in total. The van der Waals surface area contributed by atoms with Gasteiger partial charge >= 0.3 is 12.0 Å². The summed E-state index contributed by atoms with van der Waals surface area (Å²) in [4.78, 5) is 27.2. The predicted molar refractivity (Wildman–Crippen MR) is 76.6 cm³/mol. The van der Waals surface area contributed by atoms with Crippen LogP contribution in [0.5, 0.6) is 0 Å². The van der Waals surface area contributed by atoms with Crippen molar-refractivity contribution in [1.29, 1.82) is 0 Å². The average molecular weight is 282 g/mol. The third-order valence-corrected chi connectivity index (χ3v) is 3.98. The van der Waals surface area contributed by atoms with Gasteiger partial charge in [0, 0.05) is 25.2 Å². The largest absolute Gasteiger partial charge is 0.481 e. The highest BCUT2D eigenvalue weighted by Crippen LogP contribution is 2.32. The van der Waals surface area contributed by atoms with Crippen molar-refractivity contribution >= 4 is 12.0 Å². The summed E-state index contributed by atoms with van der Waals surface area (Å²) in [5.41, 5.74) is 0. The van der Waals surface area contributed by atoms with Crippen LogP contribution in [-0.2, 0) is 4.79 Å². The Morgan fingerprint density at radius 1 is 1.05 bits per heavy atom. The van der Waals surface area contributed by atoms with Gasteiger partial charge in [0.15, 0.2) is 0 Å². The standard InChI is InChI=1S/C15H26N2O3/c1-11(2)7-9-16(12-3-4-12)15(20)17(13-5-6-13)10-8-14(18)19/h11-13H,3-10H2,1-2H3,(H,18,19). The second-order valence-electron chi connectivity index (χ2n) is 6.46. The molecule has 5 heteroatoms. The maximum Gasteiger partial charge on any atom is 0.320 e. The fraction of sp³-hybridized carbons (Fsp3) is 0.867. The molecule has 114 valence electrons. The lowest BCUT2D eigenvalue weighted by molar-refractivity contribution is -0.137. The van der Waals surface area contributed by atoms with Crippen LogP contribution < -0.4 is 0 Å². The lowest BCUT2D eigenvalue weighted by atomic mass is 10.1. The van der Waals surface area contributed by atoms with Crippen LogP contribution in [0.15, 0.2) is 0 Å². The Labute approximate surface area is 120 Å². The maximum atomic E-state index is 12.7. The smallest absolute Gasteiger partial charge is 0.320 e. The highest BCUT2D eigenvalue weighted by atomic mass is 16.4. The van der Waals surface area contributed by atoms with Gasteiger partial charge in [-0.15, -0.1) is 0 Å². The summed E-state index contributed by atoms with van der Waals surface area (Å²) in [5, 5.41) is 8.83. The first kappa shape index (κ1) is 15.1. The Morgan fingerprint density at radius 3 is 1.95 bits per heavy atom. The molecule has 0 unspecified atom stereocenters. The number of nitrogens with zero attached hydrogens (tertiary/aromatic N) is 2. The molecule has 2 fully saturated rings. The van der Waals surface area contributed by atoms with Gasteiger partial charge in [0.05, 0.1) is 6.42 Å². The van der Waals surface area contributed by atoms with E-state index in [2.05, 4.69) is 13.8 Å². The molecule has 0 saturated heterocycles. The van der Waals surface area contributed by atoms with Gasteiger partial charge in [0.1, 0.15) is 0 Å². The molecule has 0 bridgehead atoms. The molecule has 0 aromatic heterocycles. The lowest BCUT2D eigenvalue weighted by Gasteiger charge is -2.31. The summed E-state index contributed by atoms with van der Waals surface area (Å²) in [7, 11) is 0. The van der Waals surface area contributed by atoms with Gasteiger partial charge in [-0.2, -0.15) is 0 Å². The van der Waals surface area contributed by atoms with Crippen molar-refractivity contribution in [3.05, 3.63) is 0 Å². The Morgan fingerprint density at radius 2 is 1.55 bits per heavy atom. The molecular weight excluding hydrogens is 256 g/mol. The number of hydrogen-bond acceptors (Lipinski definition) is 2. The highest BCUT2D eigenvalue weighted by molar-refractivity contribution is 5.77. The quantitative estimate of drug-likeness (QED) is 0.744. The molecule has 0 aromatic carbocycles. The highest BCUT2D eigenvalue weighted by Gasteiger charge is 2.39. The third kappa shape index (κ3) is 4.39. The number of rotatable bonds is 8. The number of amides is 2. The number of carboxylic acids is 1. The first-order chi connectivity index (χ1) is 9.49. The summed E-state index contributed by atoms with van der Waals surface area (Å²) >= 11 is 0. The molecule has 2 rings (SSSR count). The number of carbonyl (C=O) groups excluding carboxylic acids is 1. The molecule has 0 aliphatic heterocycles. The first-order valence-corrected chi connectivity index (χ1v) is 7.78. The van der Waals surface area contributed by atoms with E-state index in [0.717, 1.165) is 38.6 Å². The van der Waals surface area contributed by atoms with Crippen LogP contribution in [0.25, 0.3) is 0 Å². The van der Waals surface area contributed by atoms with Crippen molar-refractivity contribution in [2.75, 3.05) is 13.1 Å². The third-order valence-electron chi connectivity index (χ3n) is 3.98. The second-order valence-corrected chi connectivity index (χ2v) is 6.46. The van der Waals surface area contributed by atoms with E-state index in [-0.39, 0.29) is 18.5 Å². The van der Waals surface area contributed by atoms with Gasteiger partial charge in [0.2, 0.25) is 0 Å². The summed E-state index contributed by atoms with van der Waals surface area (Å²) in [6.07, 6.45) is 5.30. The molecule has 2 aliphatic rings. The van der Waals surface area contributed by atoms with E-state index in [4.69, 9.17) is 5.11 Å². The molecule has 0 aromatic rings. The van der Waals surface area contributed by atoms with E-state index < -0.39 is 5.97 Å². The van der Waals surface area contributed by atoms with Crippen molar-refractivity contribution in [2.45, 2.75) is 64.5 Å². The summed E-state index contributed by atoms with van der Waals surface area (Å²) < 4.78 is 0. The fourth-order valence-electron chi connectivity index (χ4n) is 2.42. The average Bonchev–Trinajstić information content (AvgIpc) is 3.22. The van der Waals surface area contributed by atoms with Crippen LogP contribution in [-0.4, -0.2) is 52.1 Å². The Bertz CT molecular complexity index is 362. The normalized spacial score (nSPS) is 18.1. The number of aliphatic carboxylic acids is 1. The molecule has 20 heavy (non-hydrogen) atoms. The minimum Gasteiger partial charge on any atom is -0.481 e. The molecule has 0 spiro atoms. The van der Waals surface area contributed by atoms with Crippen molar-refractivity contribution in [3.63, 3.8) is 0 Å². The van der Waals surface area contributed by atoms with Crippen molar-refractivity contribution in [1.82, 2.24) is 9.80 Å². The van der Waals surface area contributed by atoms with E-state index in [0.29, 0.717) is 18.5 Å². The Kier molecular flexibility index (Phi) is 4.89. The zero-order valence-corrected chi connectivity index (χ0v) is 12.5. The molecule has 0 heterocycles. The van der Waals surface area contributed by atoms with Gasteiger partial charge in [-0.3, -0.25) is 4.79 Å². The van der Waals surface area contributed by atoms with E-state index in [1.807, 2.05) is 4.90 Å². The van der Waals surface area contributed by atoms with Crippen LogP contribution >= 0.6 is 0 Å². The number of hydrogen-bond donors (Lipinski definition) is 1. The van der Waals surface area contributed by atoms with Gasteiger partial charge < -0.3 is 14.9 Å². The summed E-state index contributed by atoms with van der Waals surface area (Å²) in [5.74, 6) is -0.249. The van der Waals surface area contributed by atoms with Crippen LogP contribution in [0.2, 0.25) is 0 Å². The van der Waals surface area contributed by atoms with E-state index in [1.165, 1.54) is 0 Å². The van der Waals surface area contributed by atoms with Gasteiger partial charge in [0.25, 0.3) is 0 Å². The molecule has 2 saturated carbocycles. The number of carboxylic acid groups (broad SMARTS) is 1. The Balaban J connectivity index is 1.94. The SMILES string of the molecule is CC(C)CCN(C(=O)N(CCC(=O)O)C1CC1)C1CC1. The van der Waals surface area contributed by atoms with Crippen LogP contribution in [0.1, 0.15) is 52.4 Å². The topological polar surface area (TPSA) is 60.9 Å². The van der Waals surface area contributed by atoms with Crippen molar-refractivity contribution < 1.29 is 14.7 Å². The van der Waals surface area contributed by atoms with Gasteiger partial charge in [-0.1, -0.05) is 13.8 Å². The van der Waals surface area contributed by atoms with E-state index in [9.17, 15) is 9.59 Å². The first-order valence-electron chi connectivity index (χ1n) is 7.78. The van der Waals surface area contributed by atoms with Crippen LogP contribution in [0.3, 0.4) is 0 Å². The van der Waals surface area contributed by atoms with E-state index in [1.54, 1.807) is 4.90 Å². The maximum absolute atomic E-state index is 12.7. The molecule has 2 amide bonds. The molecular formula is C15H26N2O3. The monoisotopic (exact) mass is 282 g/mol. The van der Waals surface area contributed by atoms with Gasteiger partial charge in [-0.25, -0.2) is 4.79 Å². The molecule has 2 aliphatic carbocycles. The molecule has 0 atom stereocenters. The lowest BCUT2D eigenvalue weighted by Crippen LogP contribution is -2.46. The number of carbonyl (C=O) groups is 2. The predicted octanol–water partition coefficient (Wildman–Crippen LogP) is 2.56. The zero-order valence-electron chi connectivity index (χ0n) is 12.5. The van der Waals surface area contributed by atoms with Gasteiger partial charge in [-0.05, 0) is 38.0 Å². The van der Waals surface area contributed by atoms with E-state index >= 15 is 0 Å². The van der Waals surface area contributed by atoms with Crippen LogP contribution in [0, 0.1) is 5.92 Å². The molecule has 0 radical (unpaired) electrons. The molecule has 1 N–H and O–H groups in total. The zero-order chi connectivity index (χ0) is 14.7. The summed E-state index contributed by atoms with van der Waals surface area (Å²) in [6, 6.07) is 0.742. The van der Waals surface area contributed by atoms with Crippen molar-refractivity contribution in [3.8, 4) is 0 Å². The summed E-state index contributed by atoms with van der Waals surface area (Å²) in [6.45, 7) is 5.48. The minimum absolute atomic E-state index is 0.0466. The Hall–Kier alpha value is -1.26. The fourth-order valence-corrected chi connectivity index (χ4v) is 2.42. The minimum atomic E-state index is -0.830. The van der Waals surface area contributed by atoms with Crippen LogP contribution in [0.4, 0.5) is 4.79 Å². The van der Waals surface area contributed by atoms with Crippen molar-refractivity contribution in [2.24, 2.45) is 5.92 Å². The second kappa shape index (κ2) is 6.46.